The highest BCUT2D eigenvalue weighted by molar-refractivity contribution is 7.22. The van der Waals surface area contributed by atoms with Gasteiger partial charge < -0.3 is 15.0 Å². The summed E-state index contributed by atoms with van der Waals surface area (Å²) in [6.07, 6.45) is 0.162. The predicted molar refractivity (Wildman–Crippen MR) is 141 cm³/mol. The van der Waals surface area contributed by atoms with Crippen molar-refractivity contribution in [2.24, 2.45) is 5.92 Å². The lowest BCUT2D eigenvalue weighted by Crippen LogP contribution is -2.28. The predicted octanol–water partition coefficient (Wildman–Crippen LogP) is 4.94. The molecule has 182 valence electrons. The molecular weight excluding hydrogens is 476 g/mol. The molecule has 5 rings (SSSR count). The highest BCUT2D eigenvalue weighted by Crippen LogP contribution is 2.30. The van der Waals surface area contributed by atoms with Crippen LogP contribution in [0.4, 0.5) is 16.5 Å². The molecule has 2 N–H and O–H groups in total. The molecule has 0 aliphatic carbocycles. The molecule has 3 aromatic carbocycles. The molecule has 0 spiro atoms. The first kappa shape index (κ1) is 23.5. The summed E-state index contributed by atoms with van der Waals surface area (Å²) >= 11 is 1.37. The Balaban J connectivity index is 1.19. The van der Waals surface area contributed by atoms with Crippen molar-refractivity contribution in [1.29, 1.82) is 0 Å². The Morgan fingerprint density at radius 1 is 1.06 bits per heavy atom. The summed E-state index contributed by atoms with van der Waals surface area (Å²) < 4.78 is 6.44. The largest absolute Gasteiger partial charge is 0.494 e. The minimum Gasteiger partial charge on any atom is -0.494 e. The SMILES string of the molecule is CCOc1ccc2nc(NC(=O)c3ccc(NC(=O)C4CC(=O)N(c5ccccc5)C4)cc3)sc2c1. The van der Waals surface area contributed by atoms with Crippen LogP contribution in [-0.4, -0.2) is 35.9 Å². The zero-order valence-corrected chi connectivity index (χ0v) is 20.4. The molecule has 1 atom stereocenters. The topological polar surface area (TPSA) is 101 Å². The van der Waals surface area contributed by atoms with E-state index in [9.17, 15) is 14.4 Å². The molecule has 3 amide bonds. The molecular formula is C27H24N4O4S. The fourth-order valence-electron chi connectivity index (χ4n) is 4.07. The number of carbonyl (C=O) groups is 3. The number of fused-ring (bicyclic) bond motifs is 1. The van der Waals surface area contributed by atoms with Crippen LogP contribution >= 0.6 is 11.3 Å². The maximum absolute atomic E-state index is 12.8. The number of nitrogens with zero attached hydrogens (tertiary/aromatic N) is 2. The lowest BCUT2D eigenvalue weighted by molar-refractivity contribution is -0.122. The third kappa shape index (κ3) is 5.06. The van der Waals surface area contributed by atoms with Crippen molar-refractivity contribution in [3.8, 4) is 5.75 Å². The van der Waals surface area contributed by atoms with Crippen LogP contribution in [0.1, 0.15) is 23.7 Å². The van der Waals surface area contributed by atoms with E-state index in [0.29, 0.717) is 29.5 Å². The van der Waals surface area contributed by atoms with Gasteiger partial charge in [0.25, 0.3) is 5.91 Å². The van der Waals surface area contributed by atoms with Crippen LogP contribution in [-0.2, 0) is 9.59 Å². The lowest BCUT2D eigenvalue weighted by Gasteiger charge is -2.16. The van der Waals surface area contributed by atoms with Gasteiger partial charge in [0.2, 0.25) is 11.8 Å². The first-order valence-corrected chi connectivity index (χ1v) is 12.4. The van der Waals surface area contributed by atoms with Crippen molar-refractivity contribution < 1.29 is 19.1 Å². The number of hydrogen-bond donors (Lipinski definition) is 2. The lowest BCUT2D eigenvalue weighted by atomic mass is 10.1. The van der Waals surface area contributed by atoms with Crippen LogP contribution in [0, 0.1) is 5.92 Å². The Morgan fingerprint density at radius 2 is 1.83 bits per heavy atom. The molecule has 1 aliphatic heterocycles. The number of amides is 3. The smallest absolute Gasteiger partial charge is 0.257 e. The second kappa shape index (κ2) is 10.2. The van der Waals surface area contributed by atoms with Gasteiger partial charge in [-0.25, -0.2) is 4.98 Å². The van der Waals surface area contributed by atoms with Gasteiger partial charge in [0.1, 0.15) is 5.75 Å². The highest BCUT2D eigenvalue weighted by Gasteiger charge is 2.35. The molecule has 0 bridgehead atoms. The number of hydrogen-bond acceptors (Lipinski definition) is 6. The molecule has 9 heteroatoms. The van der Waals surface area contributed by atoms with Gasteiger partial charge in [-0.15, -0.1) is 0 Å². The molecule has 36 heavy (non-hydrogen) atoms. The van der Waals surface area contributed by atoms with E-state index in [-0.39, 0.29) is 24.1 Å². The number of thiazole rings is 1. The molecule has 4 aromatic rings. The van der Waals surface area contributed by atoms with Crippen LogP contribution in [0.5, 0.6) is 5.75 Å². The zero-order chi connectivity index (χ0) is 25.1. The van der Waals surface area contributed by atoms with E-state index >= 15 is 0 Å². The number of ether oxygens (including phenoxy) is 1. The molecule has 1 saturated heterocycles. The first-order valence-electron chi connectivity index (χ1n) is 11.6. The number of rotatable bonds is 7. The quantitative estimate of drug-likeness (QED) is 0.374. The van der Waals surface area contributed by atoms with Crippen LogP contribution in [0.3, 0.4) is 0 Å². The van der Waals surface area contributed by atoms with Crippen molar-refractivity contribution in [3.05, 3.63) is 78.4 Å². The number of nitrogens with one attached hydrogen (secondary N) is 2. The van der Waals surface area contributed by atoms with Crippen molar-refractivity contribution in [2.45, 2.75) is 13.3 Å². The Labute approximate surface area is 211 Å². The molecule has 1 aromatic heterocycles. The van der Waals surface area contributed by atoms with E-state index < -0.39 is 5.92 Å². The van der Waals surface area contributed by atoms with Gasteiger partial charge in [-0.05, 0) is 61.5 Å². The minimum absolute atomic E-state index is 0.0719. The van der Waals surface area contributed by atoms with E-state index in [0.717, 1.165) is 21.7 Å². The minimum atomic E-state index is -0.442. The Kier molecular flexibility index (Phi) is 6.64. The first-order chi connectivity index (χ1) is 17.5. The molecule has 1 aliphatic rings. The summed E-state index contributed by atoms with van der Waals surface area (Å²) in [7, 11) is 0. The van der Waals surface area contributed by atoms with E-state index in [1.807, 2.05) is 55.5 Å². The maximum atomic E-state index is 12.8. The monoisotopic (exact) mass is 500 g/mol. The van der Waals surface area contributed by atoms with Gasteiger partial charge in [-0.3, -0.25) is 19.7 Å². The van der Waals surface area contributed by atoms with Crippen molar-refractivity contribution in [1.82, 2.24) is 4.98 Å². The number of anilines is 3. The maximum Gasteiger partial charge on any atom is 0.257 e. The van der Waals surface area contributed by atoms with E-state index in [4.69, 9.17) is 4.74 Å². The molecule has 8 nitrogen and oxygen atoms in total. The number of carbonyl (C=O) groups excluding carboxylic acids is 3. The number of aromatic nitrogens is 1. The summed E-state index contributed by atoms with van der Waals surface area (Å²) in [5.41, 5.74) is 2.57. The van der Waals surface area contributed by atoms with E-state index in [2.05, 4.69) is 15.6 Å². The van der Waals surface area contributed by atoms with Crippen molar-refractivity contribution in [2.75, 3.05) is 28.7 Å². The third-order valence-corrected chi connectivity index (χ3v) is 6.80. The second-order valence-electron chi connectivity index (χ2n) is 8.34. The van der Waals surface area contributed by atoms with Crippen LogP contribution < -0.4 is 20.3 Å². The molecule has 1 fully saturated rings. The molecule has 2 heterocycles. The number of para-hydroxylation sites is 1. The van der Waals surface area contributed by atoms with E-state index in [1.165, 1.54) is 11.3 Å². The molecule has 0 saturated carbocycles. The fraction of sp³-hybridized carbons (Fsp3) is 0.185. The van der Waals surface area contributed by atoms with Gasteiger partial charge >= 0.3 is 0 Å². The number of benzene rings is 3. The summed E-state index contributed by atoms with van der Waals surface area (Å²) in [6, 6.07) is 21.6. The van der Waals surface area contributed by atoms with Crippen molar-refractivity contribution >= 4 is 55.8 Å². The Bertz CT molecular complexity index is 1420. The van der Waals surface area contributed by atoms with Crippen molar-refractivity contribution in [3.63, 3.8) is 0 Å². The normalized spacial score (nSPS) is 15.2. The van der Waals surface area contributed by atoms with Crippen LogP contribution in [0.25, 0.3) is 10.2 Å². The highest BCUT2D eigenvalue weighted by atomic mass is 32.1. The second-order valence-corrected chi connectivity index (χ2v) is 9.37. The fourth-order valence-corrected chi connectivity index (χ4v) is 4.96. The van der Waals surface area contributed by atoms with Crippen LogP contribution in [0.2, 0.25) is 0 Å². The summed E-state index contributed by atoms with van der Waals surface area (Å²) in [5.74, 6) is -0.268. The summed E-state index contributed by atoms with van der Waals surface area (Å²) in [4.78, 5) is 44.0. The third-order valence-electron chi connectivity index (χ3n) is 5.87. The van der Waals surface area contributed by atoms with Gasteiger partial charge in [0.05, 0.1) is 22.7 Å². The molecule has 1 unspecified atom stereocenters. The standard InChI is InChI=1S/C27H24N4O4S/c1-2-35-21-12-13-22-23(15-21)36-27(29-22)30-25(33)17-8-10-19(11-9-17)28-26(34)18-14-24(32)31(16-18)20-6-4-3-5-7-20/h3-13,15,18H,2,14,16H2,1H3,(H,28,34)(H,29,30,33). The average molecular weight is 501 g/mol. The van der Waals surface area contributed by atoms with Gasteiger partial charge in [-0.1, -0.05) is 29.5 Å². The Hall–Kier alpha value is -4.24. The Morgan fingerprint density at radius 3 is 2.58 bits per heavy atom. The molecule has 0 radical (unpaired) electrons. The average Bonchev–Trinajstić information content (AvgIpc) is 3.47. The van der Waals surface area contributed by atoms with Gasteiger partial charge in [0, 0.05) is 29.9 Å². The van der Waals surface area contributed by atoms with Gasteiger partial charge in [0.15, 0.2) is 5.13 Å². The summed E-state index contributed by atoms with van der Waals surface area (Å²) in [6.45, 7) is 2.84. The zero-order valence-electron chi connectivity index (χ0n) is 19.6. The van der Waals surface area contributed by atoms with E-state index in [1.54, 1.807) is 29.2 Å². The summed E-state index contributed by atoms with van der Waals surface area (Å²) in [5, 5.41) is 6.18. The van der Waals surface area contributed by atoms with Gasteiger partial charge in [-0.2, -0.15) is 0 Å². The van der Waals surface area contributed by atoms with Crippen LogP contribution in [0.15, 0.2) is 72.8 Å².